The van der Waals surface area contributed by atoms with Gasteiger partial charge in [0, 0.05) is 23.5 Å². The summed E-state index contributed by atoms with van der Waals surface area (Å²) in [5, 5.41) is 19.7. The third kappa shape index (κ3) is 1.89. The summed E-state index contributed by atoms with van der Waals surface area (Å²) in [7, 11) is 0. The minimum absolute atomic E-state index is 0.000202. The average Bonchev–Trinajstić information content (AvgIpc) is 2.79. The lowest BCUT2D eigenvalue weighted by Crippen LogP contribution is -2.29. The molecule has 1 atom stereocenters. The first-order chi connectivity index (χ1) is 8.16. The maximum Gasteiger partial charge on any atom is 0.126 e. The zero-order valence-electron chi connectivity index (χ0n) is 10.2. The number of aliphatic hydroxyl groups is 1. The lowest BCUT2D eigenvalue weighted by atomic mass is 9.75. The molecule has 2 rings (SSSR count). The average molecular weight is 235 g/mol. The second-order valence-corrected chi connectivity index (χ2v) is 4.62. The van der Waals surface area contributed by atoms with E-state index in [9.17, 15) is 10.2 Å². The van der Waals surface area contributed by atoms with E-state index in [1.165, 1.54) is 0 Å². The summed E-state index contributed by atoms with van der Waals surface area (Å²) in [4.78, 5) is 0. The highest BCUT2D eigenvalue weighted by atomic mass is 16.5. The monoisotopic (exact) mass is 235 g/mol. The Morgan fingerprint density at radius 3 is 2.82 bits per heavy atom. The molecule has 0 spiro atoms. The van der Waals surface area contributed by atoms with Gasteiger partial charge in [-0.3, -0.25) is 0 Å². The maximum absolute atomic E-state index is 10.1. The fraction of sp³-hybridized carbons (Fsp3) is 0.500. The standard InChI is InChI=1S/C14H19O3/c1-3-14(4-2,9-15)11-7-10-5-6-17-13(10)8-12(11)16/h7-8,15-16H,1,3-6,9H2,2H3. The number of fused-ring (bicyclic) bond motifs is 1. The van der Waals surface area contributed by atoms with Crippen LogP contribution in [0.5, 0.6) is 11.5 Å². The highest BCUT2D eigenvalue weighted by Gasteiger charge is 2.32. The molecule has 0 aliphatic carbocycles. The Labute approximate surface area is 102 Å². The fourth-order valence-corrected chi connectivity index (χ4v) is 2.42. The largest absolute Gasteiger partial charge is 0.508 e. The summed E-state index contributed by atoms with van der Waals surface area (Å²) >= 11 is 0. The van der Waals surface area contributed by atoms with Crippen molar-refractivity contribution in [2.75, 3.05) is 13.2 Å². The van der Waals surface area contributed by atoms with Gasteiger partial charge in [-0.05, 0) is 24.5 Å². The van der Waals surface area contributed by atoms with Gasteiger partial charge in [-0.1, -0.05) is 13.8 Å². The lowest BCUT2D eigenvalue weighted by molar-refractivity contribution is 0.185. The molecule has 0 saturated heterocycles. The normalized spacial score (nSPS) is 14.5. The van der Waals surface area contributed by atoms with E-state index in [0.717, 1.165) is 29.7 Å². The van der Waals surface area contributed by atoms with E-state index in [4.69, 9.17) is 4.74 Å². The van der Waals surface area contributed by atoms with Crippen LogP contribution in [0.1, 0.15) is 30.9 Å². The van der Waals surface area contributed by atoms with Gasteiger partial charge in [0.1, 0.15) is 11.5 Å². The molecular formula is C14H19O3. The Morgan fingerprint density at radius 2 is 2.24 bits per heavy atom. The number of phenolic OH excluding ortho intramolecular Hbond substituents is 1. The Kier molecular flexibility index (Phi) is 3.29. The maximum atomic E-state index is 10.1. The smallest absolute Gasteiger partial charge is 0.126 e. The minimum Gasteiger partial charge on any atom is -0.508 e. The molecule has 1 aliphatic heterocycles. The van der Waals surface area contributed by atoms with Crippen LogP contribution in [0.4, 0.5) is 0 Å². The molecule has 17 heavy (non-hydrogen) atoms. The van der Waals surface area contributed by atoms with Gasteiger partial charge in [0.25, 0.3) is 0 Å². The van der Waals surface area contributed by atoms with Crippen LogP contribution in [0.2, 0.25) is 0 Å². The van der Waals surface area contributed by atoms with Crippen LogP contribution < -0.4 is 4.74 Å². The van der Waals surface area contributed by atoms with Gasteiger partial charge in [-0.2, -0.15) is 0 Å². The van der Waals surface area contributed by atoms with E-state index in [2.05, 4.69) is 6.92 Å². The van der Waals surface area contributed by atoms with Gasteiger partial charge in [-0.25, -0.2) is 0 Å². The first kappa shape index (κ1) is 12.2. The molecular weight excluding hydrogens is 216 g/mol. The molecule has 1 aliphatic rings. The van der Waals surface area contributed by atoms with Gasteiger partial charge in [0.15, 0.2) is 0 Å². The zero-order valence-corrected chi connectivity index (χ0v) is 10.2. The van der Waals surface area contributed by atoms with Crippen LogP contribution in [0.3, 0.4) is 0 Å². The molecule has 1 heterocycles. The highest BCUT2D eigenvalue weighted by Crippen LogP contribution is 2.41. The molecule has 3 nitrogen and oxygen atoms in total. The quantitative estimate of drug-likeness (QED) is 0.841. The first-order valence-electron chi connectivity index (χ1n) is 6.06. The van der Waals surface area contributed by atoms with Crippen molar-refractivity contribution in [2.24, 2.45) is 0 Å². The molecule has 1 aromatic rings. The Balaban J connectivity index is 2.51. The van der Waals surface area contributed by atoms with Crippen LogP contribution in [-0.2, 0) is 11.8 Å². The van der Waals surface area contributed by atoms with Crippen LogP contribution >= 0.6 is 0 Å². The topological polar surface area (TPSA) is 49.7 Å². The number of rotatable bonds is 4. The Hall–Kier alpha value is -1.22. The number of ether oxygens (including phenoxy) is 1. The second-order valence-electron chi connectivity index (χ2n) is 4.62. The van der Waals surface area contributed by atoms with E-state index in [1.54, 1.807) is 6.07 Å². The summed E-state index contributed by atoms with van der Waals surface area (Å²) in [6.45, 7) is 6.58. The Bertz CT molecular complexity index is 400. The lowest BCUT2D eigenvalue weighted by Gasteiger charge is -2.31. The van der Waals surface area contributed by atoms with Crippen molar-refractivity contribution < 1.29 is 14.9 Å². The van der Waals surface area contributed by atoms with Crippen molar-refractivity contribution in [2.45, 2.75) is 31.6 Å². The van der Waals surface area contributed by atoms with E-state index in [1.807, 2.05) is 13.0 Å². The zero-order chi connectivity index (χ0) is 12.5. The molecule has 0 bridgehead atoms. The predicted octanol–water partition coefficient (Wildman–Crippen LogP) is 2.19. The fourth-order valence-electron chi connectivity index (χ4n) is 2.42. The van der Waals surface area contributed by atoms with Crippen molar-refractivity contribution in [1.82, 2.24) is 0 Å². The number of hydrogen-bond donors (Lipinski definition) is 2. The summed E-state index contributed by atoms with van der Waals surface area (Å²) in [5.41, 5.74) is 1.46. The molecule has 1 radical (unpaired) electrons. The molecule has 3 heteroatoms. The van der Waals surface area contributed by atoms with Crippen molar-refractivity contribution in [3.8, 4) is 11.5 Å². The van der Waals surface area contributed by atoms with E-state index < -0.39 is 5.41 Å². The summed E-state index contributed by atoms with van der Waals surface area (Å²) in [6.07, 6.45) is 2.18. The molecule has 0 fully saturated rings. The minimum atomic E-state index is -0.443. The van der Waals surface area contributed by atoms with Gasteiger partial charge < -0.3 is 14.9 Å². The number of aromatic hydroxyl groups is 1. The van der Waals surface area contributed by atoms with Crippen LogP contribution in [0, 0.1) is 6.92 Å². The summed E-state index contributed by atoms with van der Waals surface area (Å²) in [6, 6.07) is 3.62. The van der Waals surface area contributed by atoms with Gasteiger partial charge >= 0.3 is 0 Å². The highest BCUT2D eigenvalue weighted by molar-refractivity contribution is 5.50. The van der Waals surface area contributed by atoms with Gasteiger partial charge in [0.05, 0.1) is 13.2 Å². The summed E-state index contributed by atoms with van der Waals surface area (Å²) < 4.78 is 5.41. The number of aliphatic hydroxyl groups excluding tert-OH is 1. The van der Waals surface area contributed by atoms with E-state index >= 15 is 0 Å². The second kappa shape index (κ2) is 4.57. The van der Waals surface area contributed by atoms with Crippen LogP contribution in [0.15, 0.2) is 12.1 Å². The third-order valence-corrected chi connectivity index (χ3v) is 3.84. The van der Waals surface area contributed by atoms with E-state index in [-0.39, 0.29) is 12.4 Å². The molecule has 0 aromatic heterocycles. The van der Waals surface area contributed by atoms with Crippen molar-refractivity contribution in [3.63, 3.8) is 0 Å². The molecule has 0 amide bonds. The van der Waals surface area contributed by atoms with Crippen molar-refractivity contribution in [3.05, 3.63) is 30.2 Å². The van der Waals surface area contributed by atoms with Crippen LogP contribution in [0.25, 0.3) is 0 Å². The predicted molar refractivity (Wildman–Crippen MR) is 66.3 cm³/mol. The Morgan fingerprint density at radius 1 is 1.47 bits per heavy atom. The molecule has 1 aromatic carbocycles. The van der Waals surface area contributed by atoms with Crippen molar-refractivity contribution >= 4 is 0 Å². The molecule has 2 N–H and O–H groups in total. The van der Waals surface area contributed by atoms with Crippen molar-refractivity contribution in [1.29, 1.82) is 0 Å². The number of phenols is 1. The van der Waals surface area contributed by atoms with Gasteiger partial charge in [0.2, 0.25) is 0 Å². The number of hydrogen-bond acceptors (Lipinski definition) is 3. The molecule has 93 valence electrons. The summed E-state index contributed by atoms with van der Waals surface area (Å²) in [5.74, 6) is 0.962. The van der Waals surface area contributed by atoms with Gasteiger partial charge in [-0.15, -0.1) is 0 Å². The molecule has 0 saturated carbocycles. The SMILES string of the molecule is [CH2]CC(CC)(CO)c1cc2c(cc1O)OCC2. The third-order valence-electron chi connectivity index (χ3n) is 3.84. The first-order valence-corrected chi connectivity index (χ1v) is 6.06. The van der Waals surface area contributed by atoms with E-state index in [0.29, 0.717) is 13.0 Å². The molecule has 1 unspecified atom stereocenters. The van der Waals surface area contributed by atoms with Crippen LogP contribution in [-0.4, -0.2) is 23.4 Å². The number of benzene rings is 1.